The van der Waals surface area contributed by atoms with E-state index in [1.807, 2.05) is 17.0 Å². The third-order valence-corrected chi connectivity index (χ3v) is 6.52. The van der Waals surface area contributed by atoms with E-state index >= 15 is 0 Å². The number of aromatic nitrogens is 2. The summed E-state index contributed by atoms with van der Waals surface area (Å²) in [6, 6.07) is 14.5. The molecule has 2 aliphatic heterocycles. The first-order valence-corrected chi connectivity index (χ1v) is 11.5. The Morgan fingerprint density at radius 3 is 2.66 bits per heavy atom. The summed E-state index contributed by atoms with van der Waals surface area (Å²) in [5.74, 6) is 0.706. The number of benzene rings is 2. The Morgan fingerprint density at radius 1 is 1.00 bits per heavy atom. The topological polar surface area (TPSA) is 81.3 Å². The van der Waals surface area contributed by atoms with Crippen molar-refractivity contribution in [2.45, 2.75) is 45.2 Å². The van der Waals surface area contributed by atoms with E-state index in [0.29, 0.717) is 38.3 Å². The van der Waals surface area contributed by atoms with Crippen molar-refractivity contribution < 1.29 is 9.59 Å². The minimum atomic E-state index is -0.0531. The summed E-state index contributed by atoms with van der Waals surface area (Å²) >= 11 is 0. The van der Waals surface area contributed by atoms with Crippen molar-refractivity contribution in [3.8, 4) is 0 Å². The molecule has 0 bridgehead atoms. The second-order valence-corrected chi connectivity index (χ2v) is 8.84. The van der Waals surface area contributed by atoms with Crippen LogP contribution in [0.1, 0.15) is 42.5 Å². The highest BCUT2D eigenvalue weighted by molar-refractivity contribution is 5.91. The van der Waals surface area contributed by atoms with Crippen molar-refractivity contribution in [3.63, 3.8) is 0 Å². The number of piperidine rings is 1. The van der Waals surface area contributed by atoms with Gasteiger partial charge in [0.15, 0.2) is 0 Å². The van der Waals surface area contributed by atoms with Crippen molar-refractivity contribution in [2.75, 3.05) is 25.0 Å². The van der Waals surface area contributed by atoms with Crippen LogP contribution in [-0.2, 0) is 29.1 Å². The summed E-state index contributed by atoms with van der Waals surface area (Å²) in [5.41, 5.74) is 2.92. The minimum Gasteiger partial charge on any atom is -0.331 e. The van der Waals surface area contributed by atoms with Gasteiger partial charge in [-0.1, -0.05) is 48.9 Å². The second-order valence-electron chi connectivity index (χ2n) is 8.84. The highest BCUT2D eigenvalue weighted by Crippen LogP contribution is 2.27. The van der Waals surface area contributed by atoms with Crippen molar-refractivity contribution in [1.82, 2.24) is 20.0 Å². The zero-order valence-electron chi connectivity index (χ0n) is 18.3. The number of amides is 2. The zero-order valence-corrected chi connectivity index (χ0v) is 18.3. The molecule has 7 nitrogen and oxygen atoms in total. The van der Waals surface area contributed by atoms with Crippen LogP contribution in [0, 0.1) is 0 Å². The second kappa shape index (κ2) is 9.12. The Balaban J connectivity index is 1.15. The molecule has 32 heavy (non-hydrogen) atoms. The van der Waals surface area contributed by atoms with E-state index in [1.54, 1.807) is 0 Å². The van der Waals surface area contributed by atoms with Gasteiger partial charge in [-0.3, -0.25) is 19.6 Å². The fourth-order valence-corrected chi connectivity index (χ4v) is 4.67. The number of H-pyrrole nitrogens is 1. The number of fused-ring (bicyclic) bond motifs is 2. The van der Waals surface area contributed by atoms with Crippen LogP contribution in [0.15, 0.2) is 42.5 Å². The summed E-state index contributed by atoms with van der Waals surface area (Å²) in [4.78, 5) is 29.4. The summed E-state index contributed by atoms with van der Waals surface area (Å²) in [6.45, 7) is 3.48. The Labute approximate surface area is 187 Å². The first-order valence-electron chi connectivity index (χ1n) is 11.5. The summed E-state index contributed by atoms with van der Waals surface area (Å²) in [6.07, 6.45) is 4.67. The van der Waals surface area contributed by atoms with Gasteiger partial charge in [0.25, 0.3) is 0 Å². The van der Waals surface area contributed by atoms with Gasteiger partial charge in [-0.2, -0.15) is 5.10 Å². The van der Waals surface area contributed by atoms with Gasteiger partial charge in [0.2, 0.25) is 11.8 Å². The number of rotatable bonds is 6. The van der Waals surface area contributed by atoms with E-state index in [4.69, 9.17) is 0 Å². The molecule has 3 aromatic rings. The Morgan fingerprint density at radius 2 is 1.81 bits per heavy atom. The molecule has 0 saturated carbocycles. The van der Waals surface area contributed by atoms with Gasteiger partial charge >= 0.3 is 0 Å². The predicted octanol–water partition coefficient (Wildman–Crippen LogP) is 3.46. The Bertz CT molecular complexity index is 1130. The van der Waals surface area contributed by atoms with E-state index in [-0.39, 0.29) is 11.8 Å². The molecule has 5 rings (SSSR count). The van der Waals surface area contributed by atoms with Crippen molar-refractivity contribution >= 4 is 28.4 Å². The third-order valence-electron chi connectivity index (χ3n) is 6.52. The SMILES string of the molecule is O=C(CCc1ccc2ccccc2c1)Nc1[nH]nc2c1CN(C(=O)CN1CCCCC1)C2. The van der Waals surface area contributed by atoms with E-state index in [9.17, 15) is 9.59 Å². The lowest BCUT2D eigenvalue weighted by Gasteiger charge is -2.27. The standard InChI is InChI=1S/C25H29N5O2/c31-23(11-9-18-8-10-19-6-2-3-7-20(19)14-18)26-25-21-15-30(16-22(21)27-28-25)24(32)17-29-12-4-1-5-13-29/h2-3,6-8,10,14H,1,4-5,9,11-13,15-17H2,(H2,26,27,28,31). The molecule has 1 fully saturated rings. The molecule has 1 saturated heterocycles. The molecule has 0 unspecified atom stereocenters. The highest BCUT2D eigenvalue weighted by Gasteiger charge is 2.30. The first kappa shape index (κ1) is 20.7. The fraction of sp³-hybridized carbons (Fsp3) is 0.400. The van der Waals surface area contributed by atoms with Crippen LogP contribution in [-0.4, -0.2) is 51.4 Å². The normalized spacial score (nSPS) is 16.3. The molecule has 7 heteroatoms. The molecule has 2 N–H and O–H groups in total. The van der Waals surface area contributed by atoms with Gasteiger partial charge < -0.3 is 10.2 Å². The van der Waals surface area contributed by atoms with Crippen molar-refractivity contribution in [2.24, 2.45) is 0 Å². The molecule has 1 aromatic heterocycles. The number of aromatic amines is 1. The molecule has 0 aliphatic carbocycles. The molecule has 2 amide bonds. The number of anilines is 1. The minimum absolute atomic E-state index is 0.0531. The average Bonchev–Trinajstić information content (AvgIpc) is 3.40. The molecular formula is C25H29N5O2. The van der Waals surface area contributed by atoms with Crippen LogP contribution in [0.3, 0.4) is 0 Å². The third kappa shape index (κ3) is 4.53. The summed E-state index contributed by atoms with van der Waals surface area (Å²) in [7, 11) is 0. The quantitative estimate of drug-likeness (QED) is 0.626. The van der Waals surface area contributed by atoms with Crippen LogP contribution in [0.5, 0.6) is 0 Å². The highest BCUT2D eigenvalue weighted by atomic mass is 16.2. The van der Waals surface area contributed by atoms with Gasteiger partial charge in [-0.25, -0.2) is 0 Å². The maximum absolute atomic E-state index is 12.7. The lowest BCUT2D eigenvalue weighted by Crippen LogP contribution is -2.40. The molecule has 0 spiro atoms. The molecule has 3 heterocycles. The lowest BCUT2D eigenvalue weighted by atomic mass is 10.0. The van der Waals surface area contributed by atoms with Gasteiger partial charge in [-0.15, -0.1) is 0 Å². The lowest BCUT2D eigenvalue weighted by molar-refractivity contribution is -0.133. The largest absolute Gasteiger partial charge is 0.331 e. The summed E-state index contributed by atoms with van der Waals surface area (Å²) < 4.78 is 0. The molecule has 2 aromatic carbocycles. The number of hydrogen-bond acceptors (Lipinski definition) is 4. The van der Waals surface area contributed by atoms with E-state index < -0.39 is 0 Å². The van der Waals surface area contributed by atoms with Crippen LogP contribution >= 0.6 is 0 Å². The van der Waals surface area contributed by atoms with Crippen LogP contribution in [0.4, 0.5) is 5.82 Å². The smallest absolute Gasteiger partial charge is 0.237 e. The maximum atomic E-state index is 12.7. The van der Waals surface area contributed by atoms with Crippen molar-refractivity contribution in [3.05, 3.63) is 59.3 Å². The monoisotopic (exact) mass is 431 g/mol. The van der Waals surface area contributed by atoms with Gasteiger partial charge in [0.05, 0.1) is 25.3 Å². The van der Waals surface area contributed by atoms with Crippen LogP contribution in [0.2, 0.25) is 0 Å². The number of aryl methyl sites for hydroxylation is 1. The van der Waals surface area contributed by atoms with Gasteiger partial charge in [0.1, 0.15) is 5.82 Å². The summed E-state index contributed by atoms with van der Waals surface area (Å²) in [5, 5.41) is 12.6. The molecule has 166 valence electrons. The van der Waals surface area contributed by atoms with E-state index in [2.05, 4.69) is 50.7 Å². The fourth-order valence-electron chi connectivity index (χ4n) is 4.67. The van der Waals surface area contributed by atoms with E-state index in [0.717, 1.165) is 29.9 Å². The molecule has 0 atom stereocenters. The number of carbonyl (C=O) groups excluding carboxylic acids is 2. The number of carbonyl (C=O) groups is 2. The van der Waals surface area contributed by atoms with Crippen LogP contribution in [0.25, 0.3) is 10.8 Å². The molecule has 2 aliphatic rings. The zero-order chi connectivity index (χ0) is 21.9. The first-order chi connectivity index (χ1) is 15.7. The maximum Gasteiger partial charge on any atom is 0.237 e. The number of likely N-dealkylation sites (tertiary alicyclic amines) is 1. The van der Waals surface area contributed by atoms with Gasteiger partial charge in [0, 0.05) is 12.0 Å². The number of nitrogens with zero attached hydrogens (tertiary/aromatic N) is 3. The van der Waals surface area contributed by atoms with Gasteiger partial charge in [-0.05, 0) is 48.7 Å². The number of nitrogens with one attached hydrogen (secondary N) is 2. The molecular weight excluding hydrogens is 402 g/mol. The molecule has 0 radical (unpaired) electrons. The van der Waals surface area contributed by atoms with Crippen LogP contribution < -0.4 is 5.32 Å². The number of hydrogen-bond donors (Lipinski definition) is 2. The Hall–Kier alpha value is -3.19. The average molecular weight is 432 g/mol. The van der Waals surface area contributed by atoms with E-state index in [1.165, 1.54) is 30.0 Å². The predicted molar refractivity (Wildman–Crippen MR) is 124 cm³/mol. The van der Waals surface area contributed by atoms with Crippen molar-refractivity contribution in [1.29, 1.82) is 0 Å². The Kier molecular flexibility index (Phi) is 5.90.